The molecule has 5 rings (SSSR count). The first-order valence-electron chi connectivity index (χ1n) is 12.8. The molecule has 0 spiro atoms. The smallest absolute Gasteiger partial charge is 0.296 e. The highest BCUT2D eigenvalue weighted by molar-refractivity contribution is 8.00. The van der Waals surface area contributed by atoms with E-state index in [2.05, 4.69) is 10.2 Å². The van der Waals surface area contributed by atoms with Crippen LogP contribution < -0.4 is 9.64 Å². The van der Waals surface area contributed by atoms with Gasteiger partial charge in [-0.05, 0) is 41.3 Å². The first-order chi connectivity index (χ1) is 19.5. The number of amides is 1. The highest BCUT2D eigenvalue weighted by atomic mass is 32.2. The summed E-state index contributed by atoms with van der Waals surface area (Å²) in [6, 6.07) is 25.7. The number of benzene rings is 3. The maximum atomic E-state index is 13.5. The van der Waals surface area contributed by atoms with Gasteiger partial charge in [-0.2, -0.15) is 0 Å². The zero-order valence-electron chi connectivity index (χ0n) is 21.8. The quantitative estimate of drug-likeness (QED) is 0.121. The third kappa shape index (κ3) is 6.16. The van der Waals surface area contributed by atoms with Gasteiger partial charge >= 0.3 is 0 Å². The van der Waals surface area contributed by atoms with Crippen molar-refractivity contribution in [1.29, 1.82) is 0 Å². The molecule has 1 aliphatic rings. The number of hydrogen-bond acceptors (Lipinski definition) is 8. The van der Waals surface area contributed by atoms with Crippen LogP contribution in [-0.2, 0) is 15.3 Å². The standard InChI is InChI=1S/C31H27N3O4S2/c1-2-19-38-24-16-14-23(15-17-24)27-26(25(35)18-13-21-9-5-3-6-10-21)28(36)29(37)34(27)30-32-33-31(40-30)39-20-22-11-7-4-8-12-22/h3-18,27,36H,2,19-20H2,1H3. The van der Waals surface area contributed by atoms with Crippen LogP contribution in [-0.4, -0.2) is 33.6 Å². The van der Waals surface area contributed by atoms with Crippen molar-refractivity contribution in [3.63, 3.8) is 0 Å². The number of carbonyl (C=O) groups excluding carboxylic acids is 2. The van der Waals surface area contributed by atoms with Gasteiger partial charge in [-0.25, -0.2) is 0 Å². The summed E-state index contributed by atoms with van der Waals surface area (Å²) in [5, 5.41) is 19.8. The minimum Gasteiger partial charge on any atom is -0.503 e. The van der Waals surface area contributed by atoms with Crippen LogP contribution in [0.15, 0.2) is 107 Å². The van der Waals surface area contributed by atoms with Crippen molar-refractivity contribution in [2.45, 2.75) is 29.5 Å². The third-order valence-electron chi connectivity index (χ3n) is 6.18. The lowest BCUT2D eigenvalue weighted by Crippen LogP contribution is -2.30. The van der Waals surface area contributed by atoms with Crippen LogP contribution in [0.4, 0.5) is 5.13 Å². The number of ether oxygens (including phenoxy) is 1. The molecule has 40 heavy (non-hydrogen) atoms. The van der Waals surface area contributed by atoms with Crippen molar-refractivity contribution < 1.29 is 19.4 Å². The number of carbonyl (C=O) groups is 2. The monoisotopic (exact) mass is 569 g/mol. The summed E-state index contributed by atoms with van der Waals surface area (Å²) in [4.78, 5) is 28.2. The van der Waals surface area contributed by atoms with E-state index in [4.69, 9.17) is 4.74 Å². The zero-order chi connectivity index (χ0) is 27.9. The molecule has 0 aliphatic carbocycles. The van der Waals surface area contributed by atoms with Crippen molar-refractivity contribution in [3.05, 3.63) is 119 Å². The fourth-order valence-corrected chi connectivity index (χ4v) is 6.06. The number of allylic oxidation sites excluding steroid dienone is 1. The third-order valence-corrected chi connectivity index (χ3v) is 8.30. The van der Waals surface area contributed by atoms with Crippen LogP contribution in [0.5, 0.6) is 5.75 Å². The molecule has 0 saturated carbocycles. The average molecular weight is 570 g/mol. The van der Waals surface area contributed by atoms with Crippen LogP contribution in [0.1, 0.15) is 36.1 Å². The second kappa shape index (κ2) is 12.8. The second-order valence-electron chi connectivity index (χ2n) is 8.99. The summed E-state index contributed by atoms with van der Waals surface area (Å²) in [6.07, 6.45) is 3.92. The minimum absolute atomic E-state index is 0.00639. The molecule has 1 aromatic heterocycles. The van der Waals surface area contributed by atoms with Crippen molar-refractivity contribution in [2.24, 2.45) is 0 Å². The maximum absolute atomic E-state index is 13.5. The first kappa shape index (κ1) is 27.4. The molecule has 3 aromatic carbocycles. The van der Waals surface area contributed by atoms with Crippen molar-refractivity contribution in [2.75, 3.05) is 11.5 Å². The molecule has 1 atom stereocenters. The molecule has 9 heteroatoms. The highest BCUT2D eigenvalue weighted by Crippen LogP contribution is 2.43. The predicted octanol–water partition coefficient (Wildman–Crippen LogP) is 6.80. The summed E-state index contributed by atoms with van der Waals surface area (Å²) in [7, 11) is 0. The average Bonchev–Trinajstić information content (AvgIpc) is 3.57. The van der Waals surface area contributed by atoms with Crippen LogP contribution >= 0.6 is 23.1 Å². The summed E-state index contributed by atoms with van der Waals surface area (Å²) in [5.74, 6) is -0.362. The Hall–Kier alpha value is -4.21. The van der Waals surface area contributed by atoms with Crippen LogP contribution in [0, 0.1) is 0 Å². The molecule has 1 N–H and O–H groups in total. The fraction of sp³-hybridized carbons (Fsp3) is 0.161. The van der Waals surface area contributed by atoms with E-state index in [0.29, 0.717) is 33.1 Å². The van der Waals surface area contributed by atoms with Crippen molar-refractivity contribution in [3.8, 4) is 5.75 Å². The largest absolute Gasteiger partial charge is 0.503 e. The predicted molar refractivity (Wildman–Crippen MR) is 159 cm³/mol. The molecular formula is C31H27N3O4S2. The van der Waals surface area contributed by atoms with E-state index < -0.39 is 23.5 Å². The number of ketones is 1. The molecule has 0 bridgehead atoms. The van der Waals surface area contributed by atoms with Crippen molar-refractivity contribution in [1.82, 2.24) is 10.2 Å². The molecule has 1 unspecified atom stereocenters. The molecule has 4 aromatic rings. The van der Waals surface area contributed by atoms with Gasteiger partial charge in [-0.15, -0.1) is 10.2 Å². The highest BCUT2D eigenvalue weighted by Gasteiger charge is 2.45. The maximum Gasteiger partial charge on any atom is 0.296 e. The molecule has 1 aliphatic heterocycles. The van der Waals surface area contributed by atoms with E-state index in [1.54, 1.807) is 30.3 Å². The summed E-state index contributed by atoms with van der Waals surface area (Å²) >= 11 is 2.76. The topological polar surface area (TPSA) is 92.6 Å². The lowest BCUT2D eigenvalue weighted by molar-refractivity contribution is -0.117. The molecule has 2 heterocycles. The van der Waals surface area contributed by atoms with E-state index in [0.717, 1.165) is 17.5 Å². The van der Waals surface area contributed by atoms with Gasteiger partial charge in [-0.1, -0.05) is 109 Å². The van der Waals surface area contributed by atoms with Crippen LogP contribution in [0.25, 0.3) is 6.08 Å². The SMILES string of the molecule is CCCOc1ccc(C2C(C(=O)C=Cc3ccccc3)=C(O)C(=O)N2c2nnc(SCc3ccccc3)s2)cc1. The van der Waals surface area contributed by atoms with E-state index in [9.17, 15) is 14.7 Å². The number of nitrogens with zero attached hydrogens (tertiary/aromatic N) is 3. The van der Waals surface area contributed by atoms with Gasteiger partial charge in [0.05, 0.1) is 18.2 Å². The lowest BCUT2D eigenvalue weighted by atomic mass is 9.95. The molecular weight excluding hydrogens is 542 g/mol. The normalized spacial score (nSPS) is 15.3. The minimum atomic E-state index is -0.874. The second-order valence-corrected chi connectivity index (χ2v) is 11.2. The van der Waals surface area contributed by atoms with Crippen LogP contribution in [0.2, 0.25) is 0 Å². The number of aliphatic hydroxyl groups excluding tert-OH is 1. The Labute approximate surface area is 240 Å². The number of thioether (sulfide) groups is 1. The Morgan fingerprint density at radius 3 is 2.42 bits per heavy atom. The van der Waals surface area contributed by atoms with Crippen molar-refractivity contribution >= 4 is 46.0 Å². The van der Waals surface area contributed by atoms with E-state index >= 15 is 0 Å². The van der Waals surface area contributed by atoms with E-state index in [1.807, 2.05) is 67.6 Å². The lowest BCUT2D eigenvalue weighted by Gasteiger charge is -2.24. The zero-order valence-corrected chi connectivity index (χ0v) is 23.4. The first-order valence-corrected chi connectivity index (χ1v) is 14.6. The summed E-state index contributed by atoms with van der Waals surface area (Å²) in [5.41, 5.74) is 2.61. The number of aliphatic hydroxyl groups is 1. The Kier molecular flexibility index (Phi) is 8.73. The number of hydrogen-bond donors (Lipinski definition) is 1. The Balaban J connectivity index is 1.46. The van der Waals surface area contributed by atoms with Crippen LogP contribution in [0.3, 0.4) is 0 Å². The summed E-state index contributed by atoms with van der Waals surface area (Å²) in [6.45, 7) is 2.61. The number of aromatic nitrogens is 2. The van der Waals surface area contributed by atoms with Gasteiger partial charge in [0, 0.05) is 5.75 Å². The summed E-state index contributed by atoms with van der Waals surface area (Å²) < 4.78 is 6.39. The van der Waals surface area contributed by atoms with Gasteiger partial charge < -0.3 is 9.84 Å². The van der Waals surface area contributed by atoms with Gasteiger partial charge in [-0.3, -0.25) is 14.5 Å². The van der Waals surface area contributed by atoms with Gasteiger partial charge in [0.1, 0.15) is 5.75 Å². The molecule has 202 valence electrons. The van der Waals surface area contributed by atoms with Gasteiger partial charge in [0.2, 0.25) is 5.13 Å². The number of anilines is 1. The fourth-order valence-electron chi connectivity index (χ4n) is 4.24. The Morgan fingerprint density at radius 1 is 1.02 bits per heavy atom. The van der Waals surface area contributed by atoms with Gasteiger partial charge in [0.15, 0.2) is 15.9 Å². The van der Waals surface area contributed by atoms with E-state index in [1.165, 1.54) is 34.1 Å². The molecule has 0 fully saturated rings. The molecule has 0 radical (unpaired) electrons. The number of rotatable bonds is 11. The van der Waals surface area contributed by atoms with Gasteiger partial charge in [0.25, 0.3) is 5.91 Å². The molecule has 7 nitrogen and oxygen atoms in total. The Bertz CT molecular complexity index is 1530. The van der Waals surface area contributed by atoms with E-state index in [-0.39, 0.29) is 5.57 Å². The molecule has 0 saturated heterocycles. The Morgan fingerprint density at radius 2 is 1.73 bits per heavy atom. The molecule has 1 amide bonds.